The molecule has 1 aliphatic rings. The van der Waals surface area contributed by atoms with Crippen LogP contribution in [-0.2, 0) is 12.8 Å². The molecule has 2 aromatic carbocycles. The molecule has 0 saturated heterocycles. The van der Waals surface area contributed by atoms with E-state index < -0.39 is 5.97 Å². The van der Waals surface area contributed by atoms with E-state index in [0.29, 0.717) is 5.56 Å². The topological polar surface area (TPSA) is 49.3 Å². The first-order valence-electron chi connectivity index (χ1n) is 6.40. The second-order valence-electron chi connectivity index (χ2n) is 4.85. The van der Waals surface area contributed by atoms with Crippen LogP contribution in [0, 0.1) is 0 Å². The van der Waals surface area contributed by atoms with Gasteiger partial charge in [0, 0.05) is 12.2 Å². The van der Waals surface area contributed by atoms with E-state index in [0.717, 1.165) is 24.9 Å². The standard InChI is InChI=1S/C16H15NO2/c18-16(19)13-4-1-11(2-5-13)9-12-3-6-15-14(10-12)7-8-17-15/h1-6,10,17H,7-9H2,(H,18,19). The van der Waals surface area contributed by atoms with E-state index in [1.54, 1.807) is 12.1 Å². The van der Waals surface area contributed by atoms with Crippen LogP contribution in [0.3, 0.4) is 0 Å². The van der Waals surface area contributed by atoms with Gasteiger partial charge in [0.1, 0.15) is 0 Å². The lowest BCUT2D eigenvalue weighted by Gasteiger charge is -2.05. The van der Waals surface area contributed by atoms with Crippen LogP contribution in [-0.4, -0.2) is 17.6 Å². The molecule has 0 spiro atoms. The molecule has 0 bridgehead atoms. The zero-order valence-corrected chi connectivity index (χ0v) is 10.5. The molecule has 0 fully saturated rings. The highest BCUT2D eigenvalue weighted by Crippen LogP contribution is 2.24. The summed E-state index contributed by atoms with van der Waals surface area (Å²) in [4.78, 5) is 10.8. The van der Waals surface area contributed by atoms with Crippen molar-refractivity contribution in [2.24, 2.45) is 0 Å². The van der Waals surface area contributed by atoms with Crippen molar-refractivity contribution in [1.29, 1.82) is 0 Å². The highest BCUT2D eigenvalue weighted by molar-refractivity contribution is 5.87. The van der Waals surface area contributed by atoms with Crippen LogP contribution in [0.2, 0.25) is 0 Å². The molecule has 3 nitrogen and oxygen atoms in total. The van der Waals surface area contributed by atoms with Crippen molar-refractivity contribution in [3.8, 4) is 0 Å². The van der Waals surface area contributed by atoms with Crippen LogP contribution in [0.15, 0.2) is 42.5 Å². The molecule has 1 heterocycles. The van der Waals surface area contributed by atoms with Gasteiger partial charge in [0.15, 0.2) is 0 Å². The maximum atomic E-state index is 10.8. The first kappa shape index (κ1) is 11.8. The summed E-state index contributed by atoms with van der Waals surface area (Å²) in [7, 11) is 0. The Morgan fingerprint density at radius 3 is 2.58 bits per heavy atom. The lowest BCUT2D eigenvalue weighted by Crippen LogP contribution is -1.96. The first-order valence-corrected chi connectivity index (χ1v) is 6.40. The summed E-state index contributed by atoms with van der Waals surface area (Å²) in [6.07, 6.45) is 1.92. The lowest BCUT2D eigenvalue weighted by molar-refractivity contribution is 0.0697. The van der Waals surface area contributed by atoms with Gasteiger partial charge in [0.25, 0.3) is 0 Å². The number of nitrogens with one attached hydrogen (secondary N) is 1. The molecular formula is C16H15NO2. The smallest absolute Gasteiger partial charge is 0.335 e. The van der Waals surface area contributed by atoms with Crippen LogP contribution in [0.1, 0.15) is 27.0 Å². The molecule has 1 aliphatic heterocycles. The molecule has 2 aromatic rings. The largest absolute Gasteiger partial charge is 0.478 e. The Morgan fingerprint density at radius 1 is 1.11 bits per heavy atom. The van der Waals surface area contributed by atoms with Gasteiger partial charge < -0.3 is 10.4 Å². The summed E-state index contributed by atoms with van der Waals surface area (Å²) in [6.45, 7) is 1.02. The number of fused-ring (bicyclic) bond motifs is 1. The molecule has 0 aliphatic carbocycles. The molecule has 0 saturated carbocycles. The number of carbonyl (C=O) groups is 1. The Balaban J connectivity index is 1.79. The van der Waals surface area contributed by atoms with Crippen molar-refractivity contribution >= 4 is 11.7 Å². The number of benzene rings is 2. The van der Waals surface area contributed by atoms with Gasteiger partial charge in [0.05, 0.1) is 5.56 Å². The zero-order chi connectivity index (χ0) is 13.2. The fourth-order valence-electron chi connectivity index (χ4n) is 2.47. The minimum atomic E-state index is -0.879. The first-order chi connectivity index (χ1) is 9.22. The highest BCUT2D eigenvalue weighted by Gasteiger charge is 2.10. The fraction of sp³-hybridized carbons (Fsp3) is 0.188. The molecule has 0 atom stereocenters. The van der Waals surface area contributed by atoms with Gasteiger partial charge in [-0.05, 0) is 47.7 Å². The fourth-order valence-corrected chi connectivity index (χ4v) is 2.47. The predicted molar refractivity (Wildman–Crippen MR) is 74.8 cm³/mol. The van der Waals surface area contributed by atoms with E-state index in [9.17, 15) is 4.79 Å². The van der Waals surface area contributed by atoms with E-state index in [1.807, 2.05) is 12.1 Å². The van der Waals surface area contributed by atoms with Crippen molar-refractivity contribution in [2.75, 3.05) is 11.9 Å². The van der Waals surface area contributed by atoms with Crippen LogP contribution < -0.4 is 5.32 Å². The van der Waals surface area contributed by atoms with Gasteiger partial charge in [-0.2, -0.15) is 0 Å². The molecule has 0 unspecified atom stereocenters. The Morgan fingerprint density at radius 2 is 1.84 bits per heavy atom. The zero-order valence-electron chi connectivity index (χ0n) is 10.5. The average molecular weight is 253 g/mol. The third kappa shape index (κ3) is 2.45. The summed E-state index contributed by atoms with van der Waals surface area (Å²) >= 11 is 0. The van der Waals surface area contributed by atoms with Gasteiger partial charge >= 0.3 is 5.97 Å². The van der Waals surface area contributed by atoms with Crippen molar-refractivity contribution in [3.63, 3.8) is 0 Å². The van der Waals surface area contributed by atoms with E-state index in [-0.39, 0.29) is 0 Å². The van der Waals surface area contributed by atoms with Crippen molar-refractivity contribution in [3.05, 3.63) is 64.7 Å². The molecular weight excluding hydrogens is 238 g/mol. The van der Waals surface area contributed by atoms with Gasteiger partial charge in [-0.25, -0.2) is 4.79 Å². The number of aromatic carboxylic acids is 1. The Hall–Kier alpha value is -2.29. The number of carboxylic acids is 1. The van der Waals surface area contributed by atoms with Gasteiger partial charge in [0.2, 0.25) is 0 Å². The van der Waals surface area contributed by atoms with Gasteiger partial charge in [-0.1, -0.05) is 24.3 Å². The third-order valence-corrected chi connectivity index (χ3v) is 3.49. The second-order valence-corrected chi connectivity index (χ2v) is 4.85. The van der Waals surface area contributed by atoms with Gasteiger partial charge in [-0.3, -0.25) is 0 Å². The molecule has 96 valence electrons. The normalized spacial score (nSPS) is 12.8. The minimum Gasteiger partial charge on any atom is -0.478 e. The molecule has 0 radical (unpaired) electrons. The monoisotopic (exact) mass is 253 g/mol. The van der Waals surface area contributed by atoms with Gasteiger partial charge in [-0.15, -0.1) is 0 Å². The average Bonchev–Trinajstić information content (AvgIpc) is 2.87. The SMILES string of the molecule is O=C(O)c1ccc(Cc2ccc3c(c2)CCN3)cc1. The summed E-state index contributed by atoms with van der Waals surface area (Å²) in [5, 5.41) is 12.2. The van der Waals surface area contributed by atoms with E-state index in [2.05, 4.69) is 23.5 Å². The van der Waals surface area contributed by atoms with Crippen molar-refractivity contribution in [1.82, 2.24) is 0 Å². The van der Waals surface area contributed by atoms with E-state index in [4.69, 9.17) is 5.11 Å². The van der Waals surface area contributed by atoms with Crippen molar-refractivity contribution in [2.45, 2.75) is 12.8 Å². The molecule has 19 heavy (non-hydrogen) atoms. The number of hydrogen-bond acceptors (Lipinski definition) is 2. The number of anilines is 1. The summed E-state index contributed by atoms with van der Waals surface area (Å²) in [6, 6.07) is 13.6. The Kier molecular flexibility index (Phi) is 2.95. The van der Waals surface area contributed by atoms with Crippen LogP contribution in [0.5, 0.6) is 0 Å². The van der Waals surface area contributed by atoms with Crippen LogP contribution in [0.25, 0.3) is 0 Å². The predicted octanol–water partition coefficient (Wildman–Crippen LogP) is 2.94. The van der Waals surface area contributed by atoms with E-state index >= 15 is 0 Å². The molecule has 3 rings (SSSR count). The number of hydrogen-bond donors (Lipinski definition) is 2. The quantitative estimate of drug-likeness (QED) is 0.884. The highest BCUT2D eigenvalue weighted by atomic mass is 16.4. The van der Waals surface area contributed by atoms with Crippen molar-refractivity contribution < 1.29 is 9.90 Å². The number of rotatable bonds is 3. The summed E-state index contributed by atoms with van der Waals surface area (Å²) in [5.41, 5.74) is 5.35. The maximum Gasteiger partial charge on any atom is 0.335 e. The minimum absolute atomic E-state index is 0.335. The Labute approximate surface area is 111 Å². The third-order valence-electron chi connectivity index (χ3n) is 3.49. The number of carboxylic acid groups (broad SMARTS) is 1. The molecule has 0 amide bonds. The summed E-state index contributed by atoms with van der Waals surface area (Å²) < 4.78 is 0. The van der Waals surface area contributed by atoms with Crippen LogP contribution in [0.4, 0.5) is 5.69 Å². The van der Waals surface area contributed by atoms with E-state index in [1.165, 1.54) is 16.8 Å². The molecule has 0 aromatic heterocycles. The van der Waals surface area contributed by atoms with Crippen LogP contribution >= 0.6 is 0 Å². The molecule has 3 heteroatoms. The Bertz CT molecular complexity index is 617. The second kappa shape index (κ2) is 4.76. The molecule has 2 N–H and O–H groups in total. The summed E-state index contributed by atoms with van der Waals surface area (Å²) in [5.74, 6) is -0.879. The maximum absolute atomic E-state index is 10.8. The lowest BCUT2D eigenvalue weighted by atomic mass is 10.0.